The van der Waals surface area contributed by atoms with Crippen LogP contribution in [-0.4, -0.2) is 30.6 Å². The molecule has 5 rings (SSSR count). The van der Waals surface area contributed by atoms with E-state index in [1.54, 1.807) is 35.9 Å². The standard InChI is InChI=1S/C21H19N5O2S/c1-11-12(2)29-21-18(11)19(14-4-6-15(27)7-5-14)23-16(10-17-22-8-9-28-17)20-25-24-13(3)26(20)21/h4-9,16,27H,10H2,1-3H3. The van der Waals surface area contributed by atoms with Gasteiger partial charge < -0.3 is 9.52 Å². The lowest BCUT2D eigenvalue weighted by Gasteiger charge is -2.11. The smallest absolute Gasteiger partial charge is 0.196 e. The molecule has 1 atom stereocenters. The second-order valence-electron chi connectivity index (χ2n) is 7.07. The molecule has 8 heteroatoms. The molecule has 0 amide bonds. The van der Waals surface area contributed by atoms with Crippen molar-refractivity contribution in [1.29, 1.82) is 0 Å². The summed E-state index contributed by atoms with van der Waals surface area (Å²) < 4.78 is 7.59. The van der Waals surface area contributed by atoms with E-state index in [1.807, 2.05) is 19.1 Å². The van der Waals surface area contributed by atoms with Crippen molar-refractivity contribution >= 4 is 17.0 Å². The van der Waals surface area contributed by atoms with Crippen molar-refractivity contribution in [2.24, 2.45) is 4.99 Å². The van der Waals surface area contributed by atoms with E-state index in [9.17, 15) is 5.11 Å². The number of phenols is 1. The molecule has 3 aromatic heterocycles. The lowest BCUT2D eigenvalue weighted by Crippen LogP contribution is -2.09. The Bertz CT molecular complexity index is 1220. The maximum atomic E-state index is 9.75. The number of hydrogen-bond donors (Lipinski definition) is 1. The quantitative estimate of drug-likeness (QED) is 0.555. The number of benzene rings is 1. The number of nitrogens with zero attached hydrogens (tertiary/aromatic N) is 5. The van der Waals surface area contributed by atoms with Crippen molar-refractivity contribution < 1.29 is 9.52 Å². The van der Waals surface area contributed by atoms with E-state index < -0.39 is 0 Å². The summed E-state index contributed by atoms with van der Waals surface area (Å²) in [5.74, 6) is 2.43. The van der Waals surface area contributed by atoms with E-state index >= 15 is 0 Å². The third kappa shape index (κ3) is 2.87. The van der Waals surface area contributed by atoms with Crippen LogP contribution in [0.5, 0.6) is 5.75 Å². The molecule has 1 aromatic carbocycles. The van der Waals surface area contributed by atoms with E-state index in [0.29, 0.717) is 12.3 Å². The highest BCUT2D eigenvalue weighted by molar-refractivity contribution is 7.15. The van der Waals surface area contributed by atoms with Crippen LogP contribution in [0.2, 0.25) is 0 Å². The monoisotopic (exact) mass is 405 g/mol. The molecule has 1 N–H and O–H groups in total. The maximum Gasteiger partial charge on any atom is 0.196 e. The van der Waals surface area contributed by atoms with Gasteiger partial charge in [0, 0.05) is 16.0 Å². The molecule has 4 heterocycles. The van der Waals surface area contributed by atoms with Gasteiger partial charge in [-0.1, -0.05) is 0 Å². The number of aromatic hydroxyl groups is 1. The topological polar surface area (TPSA) is 89.3 Å². The average molecular weight is 405 g/mol. The van der Waals surface area contributed by atoms with Gasteiger partial charge in [-0.2, -0.15) is 0 Å². The molecule has 0 fully saturated rings. The second-order valence-corrected chi connectivity index (χ2v) is 8.28. The molecule has 0 spiro atoms. The van der Waals surface area contributed by atoms with Crippen LogP contribution in [-0.2, 0) is 6.42 Å². The molecular formula is C21H19N5O2S. The number of hydrogen-bond acceptors (Lipinski definition) is 7. The third-order valence-electron chi connectivity index (χ3n) is 5.23. The number of thiophene rings is 1. The van der Waals surface area contributed by atoms with Crippen LogP contribution in [0.3, 0.4) is 0 Å². The lowest BCUT2D eigenvalue weighted by molar-refractivity contribution is 0.467. The Balaban J connectivity index is 1.78. The van der Waals surface area contributed by atoms with Gasteiger partial charge in [0.05, 0.1) is 18.3 Å². The van der Waals surface area contributed by atoms with Crippen molar-refractivity contribution in [2.45, 2.75) is 33.2 Å². The van der Waals surface area contributed by atoms with Crippen molar-refractivity contribution in [3.63, 3.8) is 0 Å². The molecule has 29 heavy (non-hydrogen) atoms. The summed E-state index contributed by atoms with van der Waals surface area (Å²) in [4.78, 5) is 10.6. The number of rotatable bonds is 3. The van der Waals surface area contributed by atoms with Crippen LogP contribution in [0.1, 0.15) is 45.1 Å². The Morgan fingerprint density at radius 1 is 1.14 bits per heavy atom. The van der Waals surface area contributed by atoms with Crippen LogP contribution in [0, 0.1) is 20.8 Å². The summed E-state index contributed by atoms with van der Waals surface area (Å²) in [5, 5.41) is 19.6. The summed E-state index contributed by atoms with van der Waals surface area (Å²) in [6.07, 6.45) is 3.69. The number of fused-ring (bicyclic) bond motifs is 3. The predicted molar refractivity (Wildman–Crippen MR) is 110 cm³/mol. The van der Waals surface area contributed by atoms with E-state index in [2.05, 4.69) is 33.6 Å². The Labute approximate surface area is 171 Å². The molecule has 0 radical (unpaired) electrons. The van der Waals surface area contributed by atoms with Crippen LogP contribution in [0.15, 0.2) is 46.1 Å². The van der Waals surface area contributed by atoms with Crippen LogP contribution < -0.4 is 0 Å². The van der Waals surface area contributed by atoms with E-state index in [0.717, 1.165) is 33.5 Å². The Morgan fingerprint density at radius 3 is 2.66 bits per heavy atom. The molecule has 1 unspecified atom stereocenters. The largest absolute Gasteiger partial charge is 0.508 e. The van der Waals surface area contributed by atoms with Crippen molar-refractivity contribution in [3.05, 3.63) is 75.8 Å². The van der Waals surface area contributed by atoms with Gasteiger partial charge in [-0.3, -0.25) is 9.56 Å². The molecule has 1 aliphatic rings. The minimum atomic E-state index is -0.294. The molecule has 0 saturated heterocycles. The molecule has 1 aliphatic heterocycles. The van der Waals surface area contributed by atoms with Crippen LogP contribution >= 0.6 is 11.3 Å². The highest BCUT2D eigenvalue weighted by atomic mass is 32.1. The molecule has 0 aliphatic carbocycles. The first-order valence-electron chi connectivity index (χ1n) is 9.31. The zero-order chi connectivity index (χ0) is 20.1. The zero-order valence-electron chi connectivity index (χ0n) is 16.2. The molecule has 146 valence electrons. The lowest BCUT2D eigenvalue weighted by atomic mass is 9.99. The van der Waals surface area contributed by atoms with Crippen molar-refractivity contribution in [2.75, 3.05) is 0 Å². The summed E-state index contributed by atoms with van der Waals surface area (Å²) in [6.45, 7) is 6.19. The molecule has 0 saturated carbocycles. The van der Waals surface area contributed by atoms with Crippen molar-refractivity contribution in [1.82, 2.24) is 19.7 Å². The van der Waals surface area contributed by atoms with E-state index in [-0.39, 0.29) is 11.8 Å². The highest BCUT2D eigenvalue weighted by Gasteiger charge is 2.32. The van der Waals surface area contributed by atoms with Gasteiger partial charge in [-0.15, -0.1) is 21.5 Å². The van der Waals surface area contributed by atoms with Gasteiger partial charge in [0.1, 0.15) is 28.9 Å². The van der Waals surface area contributed by atoms with Gasteiger partial charge in [0.15, 0.2) is 11.7 Å². The second kappa shape index (κ2) is 6.66. The first kappa shape index (κ1) is 17.8. The first-order valence-corrected chi connectivity index (χ1v) is 10.1. The zero-order valence-corrected chi connectivity index (χ0v) is 17.1. The van der Waals surface area contributed by atoms with Crippen molar-refractivity contribution in [3.8, 4) is 10.8 Å². The molecule has 4 aromatic rings. The van der Waals surface area contributed by atoms with Gasteiger partial charge in [0.25, 0.3) is 0 Å². The Hall–Kier alpha value is -3.26. The Kier molecular flexibility index (Phi) is 4.09. The maximum absolute atomic E-state index is 9.75. The fourth-order valence-electron chi connectivity index (χ4n) is 3.66. The number of phenolic OH excluding ortho intramolecular Hbond substituents is 1. The number of oxazole rings is 1. The number of aromatic nitrogens is 4. The van der Waals surface area contributed by atoms with Crippen LogP contribution in [0.25, 0.3) is 5.00 Å². The number of aliphatic imine (C=N–C) groups is 1. The molecule has 7 nitrogen and oxygen atoms in total. The highest BCUT2D eigenvalue weighted by Crippen LogP contribution is 2.39. The predicted octanol–water partition coefficient (Wildman–Crippen LogP) is 4.08. The third-order valence-corrected chi connectivity index (χ3v) is 6.42. The van der Waals surface area contributed by atoms with Gasteiger partial charge in [-0.05, 0) is 50.6 Å². The summed E-state index contributed by atoms with van der Waals surface area (Å²) >= 11 is 1.72. The molecular weight excluding hydrogens is 386 g/mol. The summed E-state index contributed by atoms with van der Waals surface area (Å²) in [6, 6.07) is 6.87. The minimum absolute atomic E-state index is 0.228. The summed E-state index contributed by atoms with van der Waals surface area (Å²) in [5.41, 5.74) is 4.09. The number of aryl methyl sites for hydroxylation is 2. The van der Waals surface area contributed by atoms with E-state index in [4.69, 9.17) is 9.41 Å². The van der Waals surface area contributed by atoms with E-state index in [1.165, 1.54) is 10.4 Å². The minimum Gasteiger partial charge on any atom is -0.508 e. The molecule has 0 bridgehead atoms. The normalized spacial score (nSPS) is 15.6. The van der Waals surface area contributed by atoms with Gasteiger partial charge in [0.2, 0.25) is 0 Å². The summed E-state index contributed by atoms with van der Waals surface area (Å²) in [7, 11) is 0. The average Bonchev–Trinajstić information content (AvgIpc) is 3.39. The van der Waals surface area contributed by atoms with Gasteiger partial charge in [-0.25, -0.2) is 4.98 Å². The fraction of sp³-hybridized carbons (Fsp3) is 0.238. The SMILES string of the molecule is Cc1sc2c(c1C)C(c1ccc(O)cc1)=NC(Cc1ncco1)c1nnc(C)n1-2. The van der Waals surface area contributed by atoms with Gasteiger partial charge >= 0.3 is 0 Å². The van der Waals surface area contributed by atoms with Crippen LogP contribution in [0.4, 0.5) is 0 Å². The Morgan fingerprint density at radius 2 is 1.93 bits per heavy atom. The fourth-order valence-corrected chi connectivity index (χ4v) is 4.88. The first-order chi connectivity index (χ1) is 14.0.